The van der Waals surface area contributed by atoms with Gasteiger partial charge < -0.3 is 9.47 Å². The van der Waals surface area contributed by atoms with Crippen LogP contribution in [0.2, 0.25) is 25.7 Å². The van der Waals surface area contributed by atoms with Crippen LogP contribution < -0.4 is 0 Å². The molecule has 0 aliphatic rings. The Bertz CT molecular complexity index is 895. The maximum atomic E-state index is 12.0. The van der Waals surface area contributed by atoms with Gasteiger partial charge in [0.25, 0.3) is 0 Å². The molecular weight excluding hydrogens is 352 g/mol. The van der Waals surface area contributed by atoms with Crippen molar-refractivity contribution in [1.29, 1.82) is 0 Å². The van der Waals surface area contributed by atoms with Crippen LogP contribution in [0, 0.1) is 0 Å². The summed E-state index contributed by atoms with van der Waals surface area (Å²) >= 11 is 1.45. The molecule has 7 heteroatoms. The molecule has 0 atom stereocenters. The topological polar surface area (TPSA) is 64.2 Å². The van der Waals surface area contributed by atoms with Crippen molar-refractivity contribution in [2.24, 2.45) is 0 Å². The monoisotopic (exact) mass is 376 g/mol. The van der Waals surface area contributed by atoms with Crippen molar-refractivity contribution in [3.63, 3.8) is 0 Å². The van der Waals surface area contributed by atoms with Gasteiger partial charge >= 0.3 is 5.97 Å². The molecule has 1 aromatic carbocycles. The van der Waals surface area contributed by atoms with E-state index in [1.54, 1.807) is 0 Å². The maximum absolute atomic E-state index is 12.0. The summed E-state index contributed by atoms with van der Waals surface area (Å²) in [5.74, 6) is -0.270. The van der Waals surface area contributed by atoms with E-state index in [0.717, 1.165) is 39.3 Å². The van der Waals surface area contributed by atoms with Crippen molar-refractivity contribution in [2.75, 3.05) is 13.2 Å². The predicted octanol–water partition coefficient (Wildman–Crippen LogP) is 4.81. The Morgan fingerprint density at radius 3 is 2.84 bits per heavy atom. The van der Waals surface area contributed by atoms with Crippen molar-refractivity contribution in [3.8, 4) is 0 Å². The Kier molecular flexibility index (Phi) is 5.26. The molecule has 2 aromatic heterocycles. The lowest BCUT2D eigenvalue weighted by Gasteiger charge is -2.15. The quantitative estimate of drug-likeness (QED) is 0.365. The van der Waals surface area contributed by atoms with Gasteiger partial charge in [0, 0.05) is 30.2 Å². The molecule has 0 amide bonds. The summed E-state index contributed by atoms with van der Waals surface area (Å²) in [7, 11) is -1.09. The van der Waals surface area contributed by atoms with Gasteiger partial charge in [-0.3, -0.25) is 5.10 Å². The standard InChI is InChI=1S/C18H24N2O3SSi/c1-5-23-18(21)16-10-12-15(24-16)7-6-13-17(12)14(20-19-13)11-22-8-9-25(2,3)4/h6-7,10H,5,8-9,11H2,1-4H3,(H,19,20). The van der Waals surface area contributed by atoms with Crippen LogP contribution in [0.1, 0.15) is 22.3 Å². The Morgan fingerprint density at radius 1 is 1.32 bits per heavy atom. The summed E-state index contributed by atoms with van der Waals surface area (Å²) in [6.07, 6.45) is 0. The highest BCUT2D eigenvalue weighted by molar-refractivity contribution is 7.20. The second kappa shape index (κ2) is 7.27. The number of aromatic nitrogens is 2. The van der Waals surface area contributed by atoms with Crippen molar-refractivity contribution in [2.45, 2.75) is 39.2 Å². The number of aromatic amines is 1. The number of nitrogens with one attached hydrogen (secondary N) is 1. The minimum atomic E-state index is -1.09. The van der Waals surface area contributed by atoms with Gasteiger partial charge in [0.15, 0.2) is 0 Å². The highest BCUT2D eigenvalue weighted by Gasteiger charge is 2.17. The molecule has 0 spiro atoms. The van der Waals surface area contributed by atoms with Crippen LogP contribution in [-0.2, 0) is 16.1 Å². The number of carbonyl (C=O) groups is 1. The molecule has 0 aliphatic carbocycles. The average molecular weight is 377 g/mol. The minimum Gasteiger partial charge on any atom is -0.462 e. The smallest absolute Gasteiger partial charge is 0.348 e. The van der Waals surface area contributed by atoms with Gasteiger partial charge in [-0.1, -0.05) is 19.6 Å². The lowest BCUT2D eigenvalue weighted by molar-refractivity contribution is 0.0532. The number of hydrogen-bond donors (Lipinski definition) is 1. The van der Waals surface area contributed by atoms with Gasteiger partial charge in [-0.05, 0) is 31.2 Å². The van der Waals surface area contributed by atoms with E-state index < -0.39 is 8.07 Å². The molecule has 0 fully saturated rings. The molecule has 3 rings (SSSR count). The fraction of sp³-hybridized carbons (Fsp3) is 0.444. The fourth-order valence-corrected chi connectivity index (χ4v) is 4.37. The SMILES string of the molecule is CCOC(=O)c1cc2c(ccc3n[nH]c(COCC[Si](C)(C)C)c32)s1. The van der Waals surface area contributed by atoms with E-state index in [0.29, 0.717) is 18.1 Å². The first-order valence-electron chi connectivity index (χ1n) is 8.53. The van der Waals surface area contributed by atoms with Crippen LogP contribution >= 0.6 is 11.3 Å². The zero-order valence-electron chi connectivity index (χ0n) is 15.1. The number of benzene rings is 1. The van der Waals surface area contributed by atoms with Crippen molar-refractivity contribution in [3.05, 3.63) is 28.8 Å². The summed E-state index contributed by atoms with van der Waals surface area (Å²) < 4.78 is 12.1. The summed E-state index contributed by atoms with van der Waals surface area (Å²) in [6.45, 7) is 10.5. The lowest BCUT2D eigenvalue weighted by Crippen LogP contribution is -2.21. The van der Waals surface area contributed by atoms with E-state index in [1.165, 1.54) is 11.3 Å². The Hall–Kier alpha value is -1.70. The van der Waals surface area contributed by atoms with Gasteiger partial charge in [-0.25, -0.2) is 4.79 Å². The molecule has 0 saturated heterocycles. The number of rotatable bonds is 7. The van der Waals surface area contributed by atoms with E-state index in [2.05, 4.69) is 29.8 Å². The molecule has 1 N–H and O–H groups in total. The number of hydrogen-bond acceptors (Lipinski definition) is 5. The highest BCUT2D eigenvalue weighted by atomic mass is 32.1. The molecule has 0 bridgehead atoms. The van der Waals surface area contributed by atoms with Gasteiger partial charge in [0.05, 0.1) is 24.4 Å². The molecule has 3 aromatic rings. The Morgan fingerprint density at radius 2 is 2.12 bits per heavy atom. The second-order valence-corrected chi connectivity index (χ2v) is 14.0. The zero-order valence-corrected chi connectivity index (χ0v) is 17.0. The molecule has 0 unspecified atom stereocenters. The first-order chi connectivity index (χ1) is 11.9. The number of thiophene rings is 1. The fourth-order valence-electron chi connectivity index (χ4n) is 2.65. The third-order valence-electron chi connectivity index (χ3n) is 4.01. The van der Waals surface area contributed by atoms with Crippen LogP contribution in [0.5, 0.6) is 0 Å². The summed E-state index contributed by atoms with van der Waals surface area (Å²) in [5, 5.41) is 9.54. The normalized spacial score (nSPS) is 12.2. The molecule has 0 radical (unpaired) electrons. The van der Waals surface area contributed by atoms with E-state index in [9.17, 15) is 4.79 Å². The first-order valence-corrected chi connectivity index (χ1v) is 13.1. The predicted molar refractivity (Wildman–Crippen MR) is 105 cm³/mol. The number of esters is 1. The summed E-state index contributed by atoms with van der Waals surface area (Å²) in [4.78, 5) is 12.6. The molecular formula is C18H24N2O3SSi. The third-order valence-corrected chi connectivity index (χ3v) is 6.80. The largest absolute Gasteiger partial charge is 0.462 e. The number of fused-ring (bicyclic) bond motifs is 3. The molecule has 134 valence electrons. The zero-order chi connectivity index (χ0) is 18.0. The van der Waals surface area contributed by atoms with Crippen LogP contribution in [0.25, 0.3) is 21.0 Å². The maximum Gasteiger partial charge on any atom is 0.348 e. The molecule has 0 aliphatic heterocycles. The molecule has 25 heavy (non-hydrogen) atoms. The number of nitrogens with zero attached hydrogens (tertiary/aromatic N) is 1. The van der Waals surface area contributed by atoms with E-state index >= 15 is 0 Å². The van der Waals surface area contributed by atoms with Gasteiger partial charge in [0.1, 0.15) is 4.88 Å². The van der Waals surface area contributed by atoms with Crippen molar-refractivity contribution >= 4 is 46.4 Å². The first kappa shape index (κ1) is 18.1. The van der Waals surface area contributed by atoms with Crippen molar-refractivity contribution < 1.29 is 14.3 Å². The number of carbonyl (C=O) groups excluding carboxylic acids is 1. The highest BCUT2D eigenvalue weighted by Crippen LogP contribution is 2.33. The van der Waals surface area contributed by atoms with Gasteiger partial charge in [-0.2, -0.15) is 5.10 Å². The summed E-state index contributed by atoms with van der Waals surface area (Å²) in [5.41, 5.74) is 1.86. The van der Waals surface area contributed by atoms with E-state index in [4.69, 9.17) is 9.47 Å². The van der Waals surface area contributed by atoms with Crippen LogP contribution in [0.4, 0.5) is 0 Å². The number of H-pyrrole nitrogens is 1. The lowest BCUT2D eigenvalue weighted by atomic mass is 10.1. The number of ether oxygens (including phenoxy) is 2. The minimum absolute atomic E-state index is 0.270. The van der Waals surface area contributed by atoms with Gasteiger partial charge in [-0.15, -0.1) is 11.3 Å². The molecule has 5 nitrogen and oxygen atoms in total. The van der Waals surface area contributed by atoms with Gasteiger partial charge in [0.2, 0.25) is 0 Å². The van der Waals surface area contributed by atoms with Crippen LogP contribution in [-0.4, -0.2) is 37.5 Å². The average Bonchev–Trinajstić information content (AvgIpc) is 3.14. The van der Waals surface area contributed by atoms with E-state index in [1.807, 2.05) is 25.1 Å². The Labute approximate surface area is 152 Å². The third kappa shape index (κ3) is 4.11. The van der Waals surface area contributed by atoms with E-state index in [-0.39, 0.29) is 5.97 Å². The van der Waals surface area contributed by atoms with Crippen molar-refractivity contribution in [1.82, 2.24) is 10.2 Å². The van der Waals surface area contributed by atoms with Crippen LogP contribution in [0.15, 0.2) is 18.2 Å². The Balaban J connectivity index is 1.87. The second-order valence-electron chi connectivity index (χ2n) is 7.27. The summed E-state index contributed by atoms with van der Waals surface area (Å²) in [6, 6.07) is 7.02. The molecule has 2 heterocycles. The van der Waals surface area contributed by atoms with Crippen LogP contribution in [0.3, 0.4) is 0 Å². The molecule has 0 saturated carbocycles.